The highest BCUT2D eigenvalue weighted by molar-refractivity contribution is 7.16. The Morgan fingerprint density at radius 2 is 2.25 bits per heavy atom. The number of amides is 1. The minimum atomic E-state index is -0.281. The molecule has 2 aromatic heterocycles. The molecule has 0 aliphatic heterocycles. The lowest BCUT2D eigenvalue weighted by molar-refractivity contribution is -0.113. The Labute approximate surface area is 152 Å². The number of thiophene rings is 1. The van der Waals surface area contributed by atoms with Gasteiger partial charge in [-0.2, -0.15) is 4.99 Å². The number of aromatic nitrogens is 1. The molecule has 0 fully saturated rings. The van der Waals surface area contributed by atoms with E-state index < -0.39 is 0 Å². The molecule has 0 saturated heterocycles. The van der Waals surface area contributed by atoms with Gasteiger partial charge < -0.3 is 4.57 Å². The van der Waals surface area contributed by atoms with E-state index in [9.17, 15) is 4.79 Å². The van der Waals surface area contributed by atoms with E-state index in [2.05, 4.69) is 11.6 Å². The van der Waals surface area contributed by atoms with E-state index in [1.165, 1.54) is 17.4 Å². The zero-order chi connectivity index (χ0) is 17.1. The standard InChI is InChI=1S/C18H15ClN2OS2/c1-3-10-21-17-12(2)14(19)7-8-15(17)24-18(21)20-16(22)9-6-13-5-4-11-23-13/h3-9,11H,1,10H2,2H3/b9-6+,20-18?. The highest BCUT2D eigenvalue weighted by atomic mass is 35.5. The number of halogens is 1. The van der Waals surface area contributed by atoms with Crippen molar-refractivity contribution in [1.29, 1.82) is 0 Å². The molecule has 0 aliphatic carbocycles. The molecule has 0 N–H and O–H groups in total. The summed E-state index contributed by atoms with van der Waals surface area (Å²) in [6.07, 6.45) is 5.07. The van der Waals surface area contributed by atoms with Crippen LogP contribution >= 0.6 is 34.3 Å². The number of thiazole rings is 1. The van der Waals surface area contributed by atoms with Gasteiger partial charge in [0.1, 0.15) is 0 Å². The normalized spacial score (nSPS) is 12.3. The first-order valence-electron chi connectivity index (χ1n) is 7.30. The van der Waals surface area contributed by atoms with E-state index in [4.69, 9.17) is 11.6 Å². The van der Waals surface area contributed by atoms with Crippen molar-refractivity contribution in [3.63, 3.8) is 0 Å². The van der Waals surface area contributed by atoms with Crippen molar-refractivity contribution < 1.29 is 4.79 Å². The predicted molar refractivity (Wildman–Crippen MR) is 104 cm³/mol. The number of aryl methyl sites for hydroxylation is 1. The monoisotopic (exact) mass is 374 g/mol. The van der Waals surface area contributed by atoms with Crippen LogP contribution in [-0.2, 0) is 11.3 Å². The number of carbonyl (C=O) groups is 1. The van der Waals surface area contributed by atoms with Gasteiger partial charge in [-0.25, -0.2) is 0 Å². The van der Waals surface area contributed by atoms with Crippen LogP contribution in [0, 0.1) is 6.92 Å². The minimum absolute atomic E-state index is 0.281. The summed E-state index contributed by atoms with van der Waals surface area (Å²) < 4.78 is 3.03. The molecule has 0 aliphatic rings. The van der Waals surface area contributed by atoms with Gasteiger partial charge >= 0.3 is 0 Å². The fraction of sp³-hybridized carbons (Fsp3) is 0.111. The second-order valence-corrected chi connectivity index (χ2v) is 7.50. The highest BCUT2D eigenvalue weighted by Crippen LogP contribution is 2.27. The minimum Gasteiger partial charge on any atom is -0.312 e. The number of hydrogen-bond donors (Lipinski definition) is 0. The topological polar surface area (TPSA) is 34.4 Å². The maximum atomic E-state index is 12.2. The Balaban J connectivity index is 2.07. The smallest absolute Gasteiger partial charge is 0.272 e. The average Bonchev–Trinajstić information content (AvgIpc) is 3.18. The number of nitrogens with zero attached hydrogens (tertiary/aromatic N) is 2. The lowest BCUT2D eigenvalue weighted by atomic mass is 10.2. The van der Waals surface area contributed by atoms with Crippen molar-refractivity contribution in [1.82, 2.24) is 4.57 Å². The first kappa shape index (κ1) is 16.9. The van der Waals surface area contributed by atoms with Gasteiger partial charge in [0.15, 0.2) is 4.80 Å². The Kier molecular flexibility index (Phi) is 5.14. The van der Waals surface area contributed by atoms with Crippen molar-refractivity contribution in [2.75, 3.05) is 0 Å². The molecule has 3 rings (SSSR count). The predicted octanol–water partition coefficient (Wildman–Crippen LogP) is 5.05. The fourth-order valence-corrected chi connectivity index (χ4v) is 4.25. The second kappa shape index (κ2) is 7.30. The average molecular weight is 375 g/mol. The van der Waals surface area contributed by atoms with Gasteiger partial charge in [-0.1, -0.05) is 35.1 Å². The van der Waals surface area contributed by atoms with Gasteiger partial charge in [-0.15, -0.1) is 17.9 Å². The van der Waals surface area contributed by atoms with E-state index in [1.807, 2.05) is 41.1 Å². The largest absolute Gasteiger partial charge is 0.312 e. The number of fused-ring (bicyclic) bond motifs is 1. The first-order chi connectivity index (χ1) is 11.6. The third-order valence-corrected chi connectivity index (χ3v) is 5.77. The number of rotatable bonds is 4. The van der Waals surface area contributed by atoms with E-state index in [-0.39, 0.29) is 5.91 Å². The molecule has 0 unspecified atom stereocenters. The Bertz CT molecular complexity index is 994. The van der Waals surface area contributed by atoms with Crippen LogP contribution in [0.4, 0.5) is 0 Å². The van der Waals surface area contributed by atoms with Gasteiger partial charge in [0.05, 0.1) is 10.2 Å². The molecule has 24 heavy (non-hydrogen) atoms. The Hall–Kier alpha value is -1.95. The Morgan fingerprint density at radius 1 is 1.42 bits per heavy atom. The van der Waals surface area contributed by atoms with Crippen molar-refractivity contribution >= 4 is 56.5 Å². The van der Waals surface area contributed by atoms with E-state index >= 15 is 0 Å². The van der Waals surface area contributed by atoms with Crippen LogP contribution in [0.1, 0.15) is 10.4 Å². The van der Waals surface area contributed by atoms with Crippen molar-refractivity contribution in [3.05, 3.63) is 68.6 Å². The van der Waals surface area contributed by atoms with Gasteiger partial charge in [-0.05, 0) is 42.1 Å². The lowest BCUT2D eigenvalue weighted by Crippen LogP contribution is -2.16. The second-order valence-electron chi connectivity index (χ2n) is 5.10. The zero-order valence-electron chi connectivity index (χ0n) is 13.0. The molecule has 0 spiro atoms. The summed E-state index contributed by atoms with van der Waals surface area (Å²) in [4.78, 5) is 18.1. The molecular weight excluding hydrogens is 360 g/mol. The molecule has 122 valence electrons. The SMILES string of the molecule is C=CCn1c(=NC(=O)/C=C/c2cccs2)sc2ccc(Cl)c(C)c21. The third kappa shape index (κ3) is 3.43. The third-order valence-electron chi connectivity index (χ3n) is 3.48. The summed E-state index contributed by atoms with van der Waals surface area (Å²) in [6.45, 7) is 6.34. The molecule has 3 nitrogen and oxygen atoms in total. The molecule has 0 atom stereocenters. The van der Waals surface area contributed by atoms with Gasteiger partial charge in [0.2, 0.25) is 0 Å². The first-order valence-corrected chi connectivity index (χ1v) is 9.37. The van der Waals surface area contributed by atoms with E-state index in [1.54, 1.807) is 23.5 Å². The molecular formula is C18H15ClN2OS2. The van der Waals surface area contributed by atoms with Crippen LogP contribution < -0.4 is 4.80 Å². The molecule has 6 heteroatoms. The number of allylic oxidation sites excluding steroid dienone is 1. The molecule has 0 bridgehead atoms. The number of carbonyl (C=O) groups excluding carboxylic acids is 1. The molecule has 3 aromatic rings. The maximum absolute atomic E-state index is 12.2. The summed E-state index contributed by atoms with van der Waals surface area (Å²) >= 11 is 9.29. The number of hydrogen-bond acceptors (Lipinski definition) is 3. The molecule has 2 heterocycles. The van der Waals surface area contributed by atoms with Gasteiger partial charge in [-0.3, -0.25) is 4.79 Å². The molecule has 1 amide bonds. The van der Waals surface area contributed by atoms with Crippen molar-refractivity contribution in [3.8, 4) is 0 Å². The Morgan fingerprint density at radius 3 is 2.96 bits per heavy atom. The lowest BCUT2D eigenvalue weighted by Gasteiger charge is -2.05. The molecule has 0 radical (unpaired) electrons. The van der Waals surface area contributed by atoms with Crippen LogP contribution in [0.25, 0.3) is 16.3 Å². The quantitative estimate of drug-likeness (QED) is 0.464. The highest BCUT2D eigenvalue weighted by Gasteiger charge is 2.10. The van der Waals surface area contributed by atoms with Crippen LogP contribution in [0.5, 0.6) is 0 Å². The van der Waals surface area contributed by atoms with Crippen LogP contribution in [0.2, 0.25) is 5.02 Å². The summed E-state index contributed by atoms with van der Waals surface area (Å²) in [5.74, 6) is -0.281. The van der Waals surface area contributed by atoms with Gasteiger partial charge in [0.25, 0.3) is 5.91 Å². The van der Waals surface area contributed by atoms with Crippen LogP contribution in [-0.4, -0.2) is 10.5 Å². The zero-order valence-corrected chi connectivity index (χ0v) is 15.4. The molecule has 1 aromatic carbocycles. The summed E-state index contributed by atoms with van der Waals surface area (Å²) in [5, 5.41) is 2.67. The summed E-state index contributed by atoms with van der Waals surface area (Å²) in [5.41, 5.74) is 1.98. The van der Waals surface area contributed by atoms with Gasteiger partial charge in [0, 0.05) is 22.5 Å². The van der Waals surface area contributed by atoms with Crippen molar-refractivity contribution in [2.24, 2.45) is 4.99 Å². The van der Waals surface area contributed by atoms with Crippen LogP contribution in [0.3, 0.4) is 0 Å². The fourth-order valence-electron chi connectivity index (χ4n) is 2.37. The number of benzene rings is 1. The van der Waals surface area contributed by atoms with E-state index in [0.29, 0.717) is 16.4 Å². The van der Waals surface area contributed by atoms with Crippen LogP contribution in [0.15, 0.2) is 53.4 Å². The summed E-state index contributed by atoms with van der Waals surface area (Å²) in [6, 6.07) is 7.73. The summed E-state index contributed by atoms with van der Waals surface area (Å²) in [7, 11) is 0. The van der Waals surface area contributed by atoms with E-state index in [0.717, 1.165) is 20.7 Å². The maximum Gasteiger partial charge on any atom is 0.272 e. The molecule has 0 saturated carbocycles. The van der Waals surface area contributed by atoms with Crippen molar-refractivity contribution in [2.45, 2.75) is 13.5 Å².